The van der Waals surface area contributed by atoms with E-state index in [1.54, 1.807) is 18.9 Å². The Hall–Kier alpha value is -1.87. The third-order valence-corrected chi connectivity index (χ3v) is 4.16. The van der Waals surface area contributed by atoms with Crippen LogP contribution in [0.4, 0.5) is 0 Å². The van der Waals surface area contributed by atoms with Gasteiger partial charge in [-0.25, -0.2) is 0 Å². The van der Waals surface area contributed by atoms with Gasteiger partial charge in [0, 0.05) is 33.9 Å². The SMILES string of the molecule is COc1cccc(Sc2cn(C)c3ccccc23)c1. The van der Waals surface area contributed by atoms with Crippen molar-refractivity contribution in [3.8, 4) is 5.75 Å². The second kappa shape index (κ2) is 5.02. The maximum atomic E-state index is 5.27. The van der Waals surface area contributed by atoms with Crippen molar-refractivity contribution in [1.82, 2.24) is 4.57 Å². The summed E-state index contributed by atoms with van der Waals surface area (Å²) >= 11 is 1.77. The predicted octanol–water partition coefficient (Wildman–Crippen LogP) is 4.34. The monoisotopic (exact) mass is 269 g/mol. The molecular formula is C16H15NOS. The Morgan fingerprint density at radius 1 is 1.05 bits per heavy atom. The molecule has 2 nitrogen and oxygen atoms in total. The van der Waals surface area contributed by atoms with Gasteiger partial charge in [0.15, 0.2) is 0 Å². The molecule has 0 bridgehead atoms. The summed E-state index contributed by atoms with van der Waals surface area (Å²) in [5.41, 5.74) is 1.26. The zero-order valence-corrected chi connectivity index (χ0v) is 11.8. The minimum absolute atomic E-state index is 0.894. The van der Waals surface area contributed by atoms with Gasteiger partial charge in [0.25, 0.3) is 0 Å². The van der Waals surface area contributed by atoms with Crippen molar-refractivity contribution in [2.45, 2.75) is 9.79 Å². The van der Waals surface area contributed by atoms with Crippen LogP contribution in [-0.2, 0) is 7.05 Å². The van der Waals surface area contributed by atoms with Crippen LogP contribution in [-0.4, -0.2) is 11.7 Å². The highest BCUT2D eigenvalue weighted by Gasteiger charge is 2.07. The van der Waals surface area contributed by atoms with Gasteiger partial charge in [-0.2, -0.15) is 0 Å². The number of benzene rings is 2. The van der Waals surface area contributed by atoms with Crippen molar-refractivity contribution < 1.29 is 4.74 Å². The Morgan fingerprint density at radius 3 is 2.74 bits per heavy atom. The highest BCUT2D eigenvalue weighted by molar-refractivity contribution is 7.99. The van der Waals surface area contributed by atoms with E-state index in [0.29, 0.717) is 0 Å². The second-order valence-electron chi connectivity index (χ2n) is 4.40. The number of ether oxygens (including phenoxy) is 1. The lowest BCUT2D eigenvalue weighted by Crippen LogP contribution is -1.82. The lowest BCUT2D eigenvalue weighted by atomic mass is 10.2. The van der Waals surface area contributed by atoms with Crippen LogP contribution in [0.5, 0.6) is 5.75 Å². The molecule has 0 unspecified atom stereocenters. The Labute approximate surface area is 117 Å². The van der Waals surface area contributed by atoms with Crippen molar-refractivity contribution >= 4 is 22.7 Å². The summed E-state index contributed by atoms with van der Waals surface area (Å²) in [4.78, 5) is 2.46. The molecule has 0 saturated heterocycles. The Bertz CT molecular complexity index is 718. The summed E-state index contributed by atoms with van der Waals surface area (Å²) in [5, 5.41) is 1.29. The minimum atomic E-state index is 0.894. The molecule has 3 rings (SSSR count). The van der Waals surface area contributed by atoms with Crippen LogP contribution >= 0.6 is 11.8 Å². The molecule has 0 aliphatic rings. The van der Waals surface area contributed by atoms with E-state index in [1.807, 2.05) is 12.1 Å². The minimum Gasteiger partial charge on any atom is -0.497 e. The summed E-state index contributed by atoms with van der Waals surface area (Å²) < 4.78 is 7.43. The van der Waals surface area contributed by atoms with Crippen molar-refractivity contribution in [2.24, 2.45) is 7.05 Å². The zero-order chi connectivity index (χ0) is 13.2. The molecule has 0 aliphatic carbocycles. The average Bonchev–Trinajstić information content (AvgIpc) is 2.76. The Balaban J connectivity index is 2.01. The van der Waals surface area contributed by atoms with E-state index < -0.39 is 0 Å². The number of fused-ring (bicyclic) bond motifs is 1. The molecule has 0 atom stereocenters. The number of aromatic nitrogens is 1. The Kier molecular flexibility index (Phi) is 3.22. The summed E-state index contributed by atoms with van der Waals surface area (Å²) in [6.45, 7) is 0. The number of methoxy groups -OCH3 is 1. The van der Waals surface area contributed by atoms with Gasteiger partial charge in [0.2, 0.25) is 0 Å². The fourth-order valence-corrected chi connectivity index (χ4v) is 3.25. The number of para-hydroxylation sites is 1. The van der Waals surface area contributed by atoms with Crippen molar-refractivity contribution in [2.75, 3.05) is 7.11 Å². The van der Waals surface area contributed by atoms with Gasteiger partial charge >= 0.3 is 0 Å². The van der Waals surface area contributed by atoms with E-state index >= 15 is 0 Å². The molecule has 1 aromatic heterocycles. The van der Waals surface area contributed by atoms with Crippen LogP contribution in [0.25, 0.3) is 10.9 Å². The second-order valence-corrected chi connectivity index (χ2v) is 5.52. The van der Waals surface area contributed by atoms with Gasteiger partial charge in [0.1, 0.15) is 5.75 Å². The fourth-order valence-electron chi connectivity index (χ4n) is 2.18. The smallest absolute Gasteiger partial charge is 0.119 e. The lowest BCUT2D eigenvalue weighted by molar-refractivity contribution is 0.413. The molecule has 0 spiro atoms. The molecule has 3 aromatic rings. The highest BCUT2D eigenvalue weighted by atomic mass is 32.2. The van der Waals surface area contributed by atoms with E-state index in [2.05, 4.69) is 54.2 Å². The van der Waals surface area contributed by atoms with Crippen molar-refractivity contribution in [1.29, 1.82) is 0 Å². The molecule has 0 aliphatic heterocycles. The summed E-state index contributed by atoms with van der Waals surface area (Å²) in [6.07, 6.45) is 2.18. The topological polar surface area (TPSA) is 14.2 Å². The number of aryl methyl sites for hydroxylation is 1. The summed E-state index contributed by atoms with van der Waals surface area (Å²) in [5.74, 6) is 0.894. The third-order valence-electron chi connectivity index (χ3n) is 3.13. The first-order valence-electron chi connectivity index (χ1n) is 6.14. The molecule has 0 radical (unpaired) electrons. The molecular weight excluding hydrogens is 254 g/mol. The van der Waals surface area contributed by atoms with Gasteiger partial charge in [-0.3, -0.25) is 0 Å². The largest absolute Gasteiger partial charge is 0.497 e. The van der Waals surface area contributed by atoms with E-state index in [0.717, 1.165) is 5.75 Å². The number of hydrogen-bond donors (Lipinski definition) is 0. The van der Waals surface area contributed by atoms with Gasteiger partial charge in [-0.1, -0.05) is 36.0 Å². The first-order valence-corrected chi connectivity index (χ1v) is 6.95. The summed E-state index contributed by atoms with van der Waals surface area (Å²) in [6, 6.07) is 16.6. The Morgan fingerprint density at radius 2 is 1.89 bits per heavy atom. The standard InChI is InChI=1S/C16H15NOS/c1-17-11-16(14-8-3-4-9-15(14)17)19-13-7-5-6-12(10-13)18-2/h3-11H,1-2H3. The maximum Gasteiger partial charge on any atom is 0.119 e. The fraction of sp³-hybridized carbons (Fsp3) is 0.125. The van der Waals surface area contributed by atoms with Crippen LogP contribution in [0.3, 0.4) is 0 Å². The third kappa shape index (κ3) is 2.34. The highest BCUT2D eigenvalue weighted by Crippen LogP contribution is 2.35. The number of hydrogen-bond acceptors (Lipinski definition) is 2. The van der Waals surface area contributed by atoms with E-state index in [-0.39, 0.29) is 0 Å². The first-order chi connectivity index (χ1) is 9.28. The molecule has 19 heavy (non-hydrogen) atoms. The summed E-state index contributed by atoms with van der Waals surface area (Å²) in [7, 11) is 3.78. The van der Waals surface area contributed by atoms with E-state index in [9.17, 15) is 0 Å². The quantitative estimate of drug-likeness (QED) is 0.702. The van der Waals surface area contributed by atoms with Crippen LogP contribution < -0.4 is 4.74 Å². The molecule has 2 aromatic carbocycles. The molecule has 0 N–H and O–H groups in total. The van der Waals surface area contributed by atoms with E-state index in [1.165, 1.54) is 20.7 Å². The zero-order valence-electron chi connectivity index (χ0n) is 11.0. The van der Waals surface area contributed by atoms with Crippen LogP contribution in [0, 0.1) is 0 Å². The molecule has 0 fully saturated rings. The maximum absolute atomic E-state index is 5.27. The van der Waals surface area contributed by atoms with Crippen LogP contribution in [0.2, 0.25) is 0 Å². The van der Waals surface area contributed by atoms with Crippen LogP contribution in [0.1, 0.15) is 0 Å². The molecule has 1 heterocycles. The average molecular weight is 269 g/mol. The predicted molar refractivity (Wildman–Crippen MR) is 80.0 cm³/mol. The van der Waals surface area contributed by atoms with Gasteiger partial charge in [-0.15, -0.1) is 0 Å². The van der Waals surface area contributed by atoms with Crippen molar-refractivity contribution in [3.05, 3.63) is 54.7 Å². The van der Waals surface area contributed by atoms with Crippen molar-refractivity contribution in [3.63, 3.8) is 0 Å². The molecule has 0 saturated carbocycles. The molecule has 96 valence electrons. The number of rotatable bonds is 3. The normalized spacial score (nSPS) is 10.8. The first kappa shape index (κ1) is 12.2. The van der Waals surface area contributed by atoms with Gasteiger partial charge < -0.3 is 9.30 Å². The number of nitrogens with zero attached hydrogens (tertiary/aromatic N) is 1. The van der Waals surface area contributed by atoms with Gasteiger partial charge in [-0.05, 0) is 24.3 Å². The van der Waals surface area contributed by atoms with Crippen LogP contribution in [0.15, 0.2) is 64.5 Å². The lowest BCUT2D eigenvalue weighted by Gasteiger charge is -2.03. The molecule has 3 heteroatoms. The van der Waals surface area contributed by atoms with E-state index in [4.69, 9.17) is 4.74 Å². The molecule has 0 amide bonds. The van der Waals surface area contributed by atoms with Gasteiger partial charge in [0.05, 0.1) is 7.11 Å².